The summed E-state index contributed by atoms with van der Waals surface area (Å²) in [5.41, 5.74) is 1.67. The molecule has 4 nitrogen and oxygen atoms in total. The van der Waals surface area contributed by atoms with Gasteiger partial charge in [-0.25, -0.2) is 4.79 Å². The summed E-state index contributed by atoms with van der Waals surface area (Å²) < 4.78 is 4.92. The number of hydrogen-bond donors (Lipinski definition) is 1. The number of unbranched alkanes of at least 4 members (excludes halogenated alkanes) is 8. The third-order valence-corrected chi connectivity index (χ3v) is 6.28. The first-order valence-electron chi connectivity index (χ1n) is 10.2. The van der Waals surface area contributed by atoms with Crippen molar-refractivity contribution in [2.75, 3.05) is 12.4 Å². The first-order chi connectivity index (χ1) is 12.7. The summed E-state index contributed by atoms with van der Waals surface area (Å²) >= 11 is 1.54. The lowest BCUT2D eigenvalue weighted by molar-refractivity contribution is -0.116. The second-order valence-electron chi connectivity index (χ2n) is 7.18. The zero-order valence-electron chi connectivity index (χ0n) is 16.3. The molecule has 0 saturated carbocycles. The summed E-state index contributed by atoms with van der Waals surface area (Å²) in [5, 5.41) is 3.64. The highest BCUT2D eigenvalue weighted by Crippen LogP contribution is 2.39. The Balaban J connectivity index is 1.69. The molecule has 5 heteroatoms. The van der Waals surface area contributed by atoms with Crippen LogP contribution in [0.1, 0.15) is 98.4 Å². The van der Waals surface area contributed by atoms with Gasteiger partial charge in [0.25, 0.3) is 0 Å². The maximum absolute atomic E-state index is 12.3. The Morgan fingerprint density at radius 1 is 1.00 bits per heavy atom. The molecule has 1 aromatic heterocycles. The van der Waals surface area contributed by atoms with Crippen LogP contribution in [-0.4, -0.2) is 19.0 Å². The molecule has 0 unspecified atom stereocenters. The van der Waals surface area contributed by atoms with E-state index in [9.17, 15) is 9.59 Å². The highest BCUT2D eigenvalue weighted by atomic mass is 32.1. The number of amides is 1. The van der Waals surface area contributed by atoms with E-state index < -0.39 is 0 Å². The fraction of sp³-hybridized carbons (Fsp3) is 0.714. The maximum Gasteiger partial charge on any atom is 0.341 e. The van der Waals surface area contributed by atoms with Crippen molar-refractivity contribution in [3.63, 3.8) is 0 Å². The Hall–Kier alpha value is -1.36. The standard InChI is InChI=1S/C21H33NO3S/c1-3-4-5-6-7-8-9-10-11-15-18(23)22-20-19(21(24)25-2)16-13-12-14-17(16)26-20/h3-15H2,1-2H3,(H,22,23). The number of esters is 1. The molecule has 0 atom stereocenters. The van der Waals surface area contributed by atoms with E-state index in [0.717, 1.165) is 37.7 Å². The number of rotatable bonds is 12. The number of fused-ring (bicyclic) bond motifs is 1. The summed E-state index contributed by atoms with van der Waals surface area (Å²) in [6, 6.07) is 0. The molecule has 146 valence electrons. The molecule has 0 fully saturated rings. The monoisotopic (exact) mass is 379 g/mol. The van der Waals surface area contributed by atoms with Gasteiger partial charge < -0.3 is 10.1 Å². The number of methoxy groups -OCH3 is 1. The van der Waals surface area contributed by atoms with Gasteiger partial charge in [-0.3, -0.25) is 4.79 Å². The number of hydrogen-bond acceptors (Lipinski definition) is 4. The van der Waals surface area contributed by atoms with Crippen molar-refractivity contribution >= 4 is 28.2 Å². The van der Waals surface area contributed by atoms with Crippen molar-refractivity contribution in [2.45, 2.75) is 90.4 Å². The number of nitrogens with one attached hydrogen (secondary N) is 1. The van der Waals surface area contributed by atoms with E-state index in [1.165, 1.54) is 56.9 Å². The van der Waals surface area contributed by atoms with Crippen LogP contribution in [0.25, 0.3) is 0 Å². The van der Waals surface area contributed by atoms with Crippen LogP contribution in [0, 0.1) is 0 Å². The Morgan fingerprint density at radius 3 is 2.31 bits per heavy atom. The molecule has 0 aliphatic heterocycles. The van der Waals surface area contributed by atoms with E-state index in [4.69, 9.17) is 4.74 Å². The summed E-state index contributed by atoms with van der Waals surface area (Å²) in [4.78, 5) is 25.6. The van der Waals surface area contributed by atoms with Crippen molar-refractivity contribution in [3.8, 4) is 0 Å². The van der Waals surface area contributed by atoms with Crippen LogP contribution in [0.4, 0.5) is 5.00 Å². The quantitative estimate of drug-likeness (QED) is 0.364. The predicted octanol–water partition coefficient (Wildman–Crippen LogP) is 5.88. The number of carbonyl (C=O) groups is 2. The summed E-state index contributed by atoms with van der Waals surface area (Å²) in [6.07, 6.45) is 14.7. The van der Waals surface area contributed by atoms with Gasteiger partial charge in [-0.1, -0.05) is 58.3 Å². The molecule has 1 aliphatic rings. The van der Waals surface area contributed by atoms with Crippen LogP contribution in [-0.2, 0) is 22.4 Å². The molecule has 1 aromatic rings. The Labute approximate surface area is 161 Å². The minimum Gasteiger partial charge on any atom is -0.465 e. The van der Waals surface area contributed by atoms with Gasteiger partial charge in [-0.05, 0) is 31.2 Å². The zero-order chi connectivity index (χ0) is 18.8. The second kappa shape index (κ2) is 11.4. The Morgan fingerprint density at radius 2 is 1.65 bits per heavy atom. The average molecular weight is 380 g/mol. The zero-order valence-corrected chi connectivity index (χ0v) is 17.1. The molecule has 0 saturated heterocycles. The first kappa shape index (κ1) is 20.9. The van der Waals surface area contributed by atoms with Gasteiger partial charge in [-0.2, -0.15) is 0 Å². The van der Waals surface area contributed by atoms with Crippen LogP contribution in [0.2, 0.25) is 0 Å². The normalized spacial score (nSPS) is 12.8. The minimum absolute atomic E-state index is 0.0121. The predicted molar refractivity (Wildman–Crippen MR) is 108 cm³/mol. The van der Waals surface area contributed by atoms with Gasteiger partial charge in [-0.15, -0.1) is 11.3 Å². The summed E-state index contributed by atoms with van der Waals surface area (Å²) in [6.45, 7) is 2.24. The SMILES string of the molecule is CCCCCCCCCCCC(=O)Nc1sc2c(c1C(=O)OC)CCC2. The van der Waals surface area contributed by atoms with Crippen LogP contribution in [0.3, 0.4) is 0 Å². The number of aryl methyl sites for hydroxylation is 1. The van der Waals surface area contributed by atoms with E-state index in [2.05, 4.69) is 12.2 Å². The van der Waals surface area contributed by atoms with Crippen molar-refractivity contribution in [1.82, 2.24) is 0 Å². The van der Waals surface area contributed by atoms with E-state index >= 15 is 0 Å². The summed E-state index contributed by atoms with van der Waals surface area (Å²) in [5.74, 6) is -0.319. The molecule has 0 spiro atoms. The van der Waals surface area contributed by atoms with Crippen molar-refractivity contribution in [2.24, 2.45) is 0 Å². The molecular weight excluding hydrogens is 346 g/mol. The fourth-order valence-electron chi connectivity index (χ4n) is 3.60. The van der Waals surface area contributed by atoms with Gasteiger partial charge in [0.2, 0.25) is 5.91 Å². The topological polar surface area (TPSA) is 55.4 Å². The molecule has 2 rings (SSSR count). The van der Waals surface area contributed by atoms with Crippen molar-refractivity contribution in [1.29, 1.82) is 0 Å². The Bertz CT molecular complexity index is 594. The van der Waals surface area contributed by atoms with E-state index in [0.29, 0.717) is 17.0 Å². The second-order valence-corrected chi connectivity index (χ2v) is 8.28. The molecule has 0 radical (unpaired) electrons. The first-order valence-corrected chi connectivity index (χ1v) is 11.0. The van der Waals surface area contributed by atoms with Gasteiger partial charge >= 0.3 is 5.97 Å². The number of anilines is 1. The van der Waals surface area contributed by atoms with Crippen molar-refractivity contribution in [3.05, 3.63) is 16.0 Å². The van der Waals surface area contributed by atoms with E-state index in [-0.39, 0.29) is 11.9 Å². The van der Waals surface area contributed by atoms with Crippen molar-refractivity contribution < 1.29 is 14.3 Å². The lowest BCUT2D eigenvalue weighted by atomic mass is 10.1. The largest absolute Gasteiger partial charge is 0.465 e. The molecule has 1 amide bonds. The minimum atomic E-state index is -0.331. The molecule has 1 aliphatic carbocycles. The smallest absolute Gasteiger partial charge is 0.341 e. The lowest BCUT2D eigenvalue weighted by Crippen LogP contribution is -2.14. The van der Waals surface area contributed by atoms with Crippen LogP contribution < -0.4 is 5.32 Å². The fourth-order valence-corrected chi connectivity index (χ4v) is 4.89. The average Bonchev–Trinajstić information content (AvgIpc) is 3.20. The van der Waals surface area contributed by atoms with Gasteiger partial charge in [0.15, 0.2) is 0 Å². The molecule has 0 aromatic carbocycles. The van der Waals surface area contributed by atoms with Gasteiger partial charge in [0.05, 0.1) is 12.7 Å². The molecule has 1 heterocycles. The Kier molecular flexibility index (Phi) is 9.16. The lowest BCUT2D eigenvalue weighted by Gasteiger charge is -2.07. The highest BCUT2D eigenvalue weighted by molar-refractivity contribution is 7.17. The third kappa shape index (κ3) is 6.11. The van der Waals surface area contributed by atoms with Gasteiger partial charge in [0, 0.05) is 11.3 Å². The number of thiophene rings is 1. The summed E-state index contributed by atoms with van der Waals surface area (Å²) in [7, 11) is 1.40. The van der Waals surface area contributed by atoms with E-state index in [1.807, 2.05) is 0 Å². The van der Waals surface area contributed by atoms with Crippen LogP contribution >= 0.6 is 11.3 Å². The third-order valence-electron chi connectivity index (χ3n) is 5.07. The molecule has 1 N–H and O–H groups in total. The number of ether oxygens (including phenoxy) is 1. The maximum atomic E-state index is 12.3. The van der Waals surface area contributed by atoms with Crippen LogP contribution in [0.15, 0.2) is 0 Å². The number of carbonyl (C=O) groups excluding carboxylic acids is 2. The van der Waals surface area contributed by atoms with Crippen LogP contribution in [0.5, 0.6) is 0 Å². The van der Waals surface area contributed by atoms with E-state index in [1.54, 1.807) is 11.3 Å². The van der Waals surface area contributed by atoms with Gasteiger partial charge in [0.1, 0.15) is 5.00 Å². The molecule has 26 heavy (non-hydrogen) atoms. The highest BCUT2D eigenvalue weighted by Gasteiger charge is 2.27. The molecular formula is C21H33NO3S. The molecule has 0 bridgehead atoms.